The number of hydrogen-bond acceptors (Lipinski definition) is 4. The fourth-order valence-corrected chi connectivity index (χ4v) is 5.55. The van der Waals surface area contributed by atoms with Crippen LogP contribution in [0, 0.1) is 0 Å². The number of nitrogens with zero attached hydrogens (tertiary/aromatic N) is 1. The zero-order valence-corrected chi connectivity index (χ0v) is 18.4. The maximum atomic E-state index is 13.1. The second-order valence-electron chi connectivity index (χ2n) is 7.71. The van der Waals surface area contributed by atoms with Gasteiger partial charge in [0.2, 0.25) is 5.91 Å². The van der Waals surface area contributed by atoms with Crippen molar-refractivity contribution in [3.63, 3.8) is 0 Å². The molecule has 1 amide bonds. The lowest BCUT2D eigenvalue weighted by Crippen LogP contribution is -2.32. The minimum absolute atomic E-state index is 0.186. The number of carbonyl (C=O) groups excluding carboxylic acids is 1. The summed E-state index contributed by atoms with van der Waals surface area (Å²) in [6, 6.07) is 24.7. The Morgan fingerprint density at radius 1 is 1.03 bits per heavy atom. The van der Waals surface area contributed by atoms with Crippen LogP contribution in [0.1, 0.15) is 17.2 Å². The Kier molecular flexibility index (Phi) is 5.45. The normalized spacial score (nSPS) is 14.8. The molecule has 1 N–H and O–H groups in total. The van der Waals surface area contributed by atoms with Crippen molar-refractivity contribution in [3.8, 4) is 5.75 Å². The first-order chi connectivity index (χ1) is 15.7. The Morgan fingerprint density at radius 2 is 1.78 bits per heavy atom. The number of ether oxygens (including phenoxy) is 1. The minimum atomic E-state index is -0.580. The number of rotatable bonds is 5. The fourth-order valence-electron chi connectivity index (χ4n) is 4.24. The van der Waals surface area contributed by atoms with Crippen LogP contribution in [0.25, 0.3) is 10.8 Å². The lowest BCUT2D eigenvalue weighted by atomic mass is 9.98. The largest absolute Gasteiger partial charge is 0.494 e. The molecule has 32 heavy (non-hydrogen) atoms. The molecule has 0 spiro atoms. The maximum absolute atomic E-state index is 13.1. The highest BCUT2D eigenvalue weighted by molar-refractivity contribution is 7.99. The van der Waals surface area contributed by atoms with E-state index in [1.54, 1.807) is 17.7 Å². The van der Waals surface area contributed by atoms with E-state index in [2.05, 4.69) is 29.6 Å². The molecule has 5 rings (SSSR count). The van der Waals surface area contributed by atoms with E-state index in [-0.39, 0.29) is 11.5 Å². The number of para-hydroxylation sites is 1. The van der Waals surface area contributed by atoms with E-state index in [4.69, 9.17) is 4.74 Å². The number of thioether (sulfide) groups is 1. The van der Waals surface area contributed by atoms with E-state index < -0.39 is 6.04 Å². The van der Waals surface area contributed by atoms with Gasteiger partial charge in [-0.3, -0.25) is 14.2 Å². The zero-order valence-electron chi connectivity index (χ0n) is 17.6. The van der Waals surface area contributed by atoms with Crippen molar-refractivity contribution in [3.05, 3.63) is 100 Å². The number of hydrogen-bond donors (Lipinski definition) is 1. The summed E-state index contributed by atoms with van der Waals surface area (Å²) in [4.78, 5) is 26.1. The molecule has 5 nitrogen and oxygen atoms in total. The molecule has 0 radical (unpaired) electrons. The number of anilines is 1. The molecule has 0 fully saturated rings. The molecule has 4 aromatic rings. The summed E-state index contributed by atoms with van der Waals surface area (Å²) in [5.74, 6) is 0.952. The Bertz CT molecular complexity index is 1360. The van der Waals surface area contributed by atoms with Crippen molar-refractivity contribution < 1.29 is 9.53 Å². The lowest BCUT2D eigenvalue weighted by Gasteiger charge is -2.17. The van der Waals surface area contributed by atoms with Crippen molar-refractivity contribution >= 4 is 34.1 Å². The van der Waals surface area contributed by atoms with Crippen LogP contribution in [-0.2, 0) is 11.2 Å². The molecule has 1 aromatic heterocycles. The van der Waals surface area contributed by atoms with Gasteiger partial charge in [0.1, 0.15) is 11.1 Å². The highest BCUT2D eigenvalue weighted by atomic mass is 32.2. The van der Waals surface area contributed by atoms with Crippen LogP contribution in [0.4, 0.5) is 5.69 Å². The van der Waals surface area contributed by atoms with Gasteiger partial charge in [-0.2, -0.15) is 0 Å². The first-order valence-corrected chi connectivity index (χ1v) is 11.4. The summed E-state index contributed by atoms with van der Waals surface area (Å²) in [5, 5.41) is 5.94. The van der Waals surface area contributed by atoms with Gasteiger partial charge in [-0.1, -0.05) is 60.7 Å². The van der Waals surface area contributed by atoms with Crippen LogP contribution in [0.2, 0.25) is 0 Å². The predicted octanol–water partition coefficient (Wildman–Crippen LogP) is 4.89. The zero-order chi connectivity index (χ0) is 22.1. The highest BCUT2D eigenvalue weighted by Gasteiger charge is 2.33. The van der Waals surface area contributed by atoms with Gasteiger partial charge < -0.3 is 10.1 Å². The molecule has 6 heteroatoms. The molecule has 0 saturated heterocycles. The molecule has 0 saturated carbocycles. The second-order valence-corrected chi connectivity index (χ2v) is 8.72. The lowest BCUT2D eigenvalue weighted by molar-refractivity contribution is -0.118. The number of fused-ring (bicyclic) bond motifs is 2. The number of carbonyl (C=O) groups is 1. The summed E-state index contributed by atoms with van der Waals surface area (Å²) in [7, 11) is 1.62. The number of pyridine rings is 1. The highest BCUT2D eigenvalue weighted by Crippen LogP contribution is 2.41. The average Bonchev–Trinajstić information content (AvgIpc) is 3.26. The first-order valence-electron chi connectivity index (χ1n) is 10.4. The van der Waals surface area contributed by atoms with Crippen LogP contribution in [0.3, 0.4) is 0 Å². The van der Waals surface area contributed by atoms with Gasteiger partial charge in [0.05, 0.1) is 7.11 Å². The number of amides is 1. The van der Waals surface area contributed by atoms with Crippen LogP contribution in [0.5, 0.6) is 5.75 Å². The summed E-state index contributed by atoms with van der Waals surface area (Å²) in [5.41, 5.74) is 2.49. The molecule has 1 aliphatic heterocycles. The van der Waals surface area contributed by atoms with E-state index in [1.807, 2.05) is 48.5 Å². The topological polar surface area (TPSA) is 60.3 Å². The molecule has 160 valence electrons. The van der Waals surface area contributed by atoms with Gasteiger partial charge >= 0.3 is 0 Å². The van der Waals surface area contributed by atoms with Gasteiger partial charge in [-0.25, -0.2) is 0 Å². The molecule has 0 aliphatic carbocycles. The van der Waals surface area contributed by atoms with Crippen LogP contribution >= 0.6 is 11.8 Å². The number of aromatic nitrogens is 1. The third kappa shape index (κ3) is 3.67. The Balaban J connectivity index is 1.51. The fraction of sp³-hybridized carbons (Fsp3) is 0.154. The Labute approximate surface area is 190 Å². The number of benzene rings is 3. The van der Waals surface area contributed by atoms with Crippen molar-refractivity contribution in [2.24, 2.45) is 0 Å². The summed E-state index contributed by atoms with van der Waals surface area (Å²) < 4.78 is 7.33. The van der Waals surface area contributed by atoms with Gasteiger partial charge in [-0.15, -0.1) is 11.8 Å². The van der Waals surface area contributed by atoms with E-state index in [0.717, 1.165) is 21.9 Å². The van der Waals surface area contributed by atoms with E-state index in [1.165, 1.54) is 11.8 Å². The Morgan fingerprint density at radius 3 is 2.59 bits per heavy atom. The summed E-state index contributed by atoms with van der Waals surface area (Å²) >= 11 is 1.49. The van der Waals surface area contributed by atoms with Crippen LogP contribution in [0.15, 0.2) is 88.7 Å². The van der Waals surface area contributed by atoms with Gasteiger partial charge in [0.25, 0.3) is 5.56 Å². The summed E-state index contributed by atoms with van der Waals surface area (Å²) in [6.45, 7) is 0. The van der Waals surface area contributed by atoms with Crippen molar-refractivity contribution in [1.82, 2.24) is 4.57 Å². The molecular weight excluding hydrogens is 420 g/mol. The molecule has 0 unspecified atom stereocenters. The van der Waals surface area contributed by atoms with Crippen molar-refractivity contribution in [2.45, 2.75) is 17.5 Å². The minimum Gasteiger partial charge on any atom is -0.494 e. The SMILES string of the molecule is COc1c(Cc2cccc3ccccc23)cc(=O)n2c1SC[C@H]2C(=O)Nc1ccccc1. The maximum Gasteiger partial charge on any atom is 0.252 e. The average molecular weight is 443 g/mol. The number of methoxy groups -OCH3 is 1. The van der Waals surface area contributed by atoms with Gasteiger partial charge in [0, 0.05) is 29.5 Å². The molecule has 2 heterocycles. The standard InChI is InChI=1S/C26H22N2O3S/c1-31-24-19(14-18-10-7-9-17-8-5-6-13-21(17)18)15-23(29)28-22(16-32-26(24)28)25(30)27-20-11-3-2-4-12-20/h2-13,15,22H,14,16H2,1H3,(H,27,30)/t22-/m0/s1. The quantitative estimate of drug-likeness (QED) is 0.478. The van der Waals surface area contributed by atoms with E-state index in [0.29, 0.717) is 28.6 Å². The predicted molar refractivity (Wildman–Crippen MR) is 129 cm³/mol. The Hall–Kier alpha value is -3.51. The van der Waals surface area contributed by atoms with Gasteiger partial charge in [-0.05, 0) is 28.5 Å². The van der Waals surface area contributed by atoms with E-state index in [9.17, 15) is 9.59 Å². The molecule has 0 bridgehead atoms. The summed E-state index contributed by atoms with van der Waals surface area (Å²) in [6.07, 6.45) is 0.578. The molecule has 1 aliphatic rings. The molecular formula is C26H22N2O3S. The molecule has 1 atom stereocenters. The molecule has 3 aromatic carbocycles. The van der Waals surface area contributed by atoms with Crippen molar-refractivity contribution in [2.75, 3.05) is 18.2 Å². The van der Waals surface area contributed by atoms with Gasteiger partial charge in [0.15, 0.2) is 5.75 Å². The smallest absolute Gasteiger partial charge is 0.252 e. The van der Waals surface area contributed by atoms with E-state index >= 15 is 0 Å². The number of nitrogens with one attached hydrogen (secondary N) is 1. The third-order valence-corrected chi connectivity index (χ3v) is 6.88. The van der Waals surface area contributed by atoms with Crippen LogP contribution in [-0.4, -0.2) is 23.3 Å². The third-order valence-electron chi connectivity index (χ3n) is 5.74. The van der Waals surface area contributed by atoms with Crippen molar-refractivity contribution in [1.29, 1.82) is 0 Å². The monoisotopic (exact) mass is 442 g/mol. The van der Waals surface area contributed by atoms with Crippen LogP contribution < -0.4 is 15.6 Å². The second kappa shape index (κ2) is 8.55. The first kappa shape index (κ1) is 20.4.